The Labute approximate surface area is 141 Å². The van der Waals surface area contributed by atoms with Gasteiger partial charge in [-0.05, 0) is 43.7 Å². The monoisotopic (exact) mass is 319 g/mol. The first-order valence-electron chi connectivity index (χ1n) is 9.17. The summed E-state index contributed by atoms with van der Waals surface area (Å²) in [6.45, 7) is 0.816. The maximum Gasteiger partial charge on any atom is 0.0914 e. The summed E-state index contributed by atoms with van der Waals surface area (Å²) in [6.07, 6.45) is 7.05. The van der Waals surface area contributed by atoms with Gasteiger partial charge in [0.1, 0.15) is 0 Å². The van der Waals surface area contributed by atoms with Crippen molar-refractivity contribution in [2.45, 2.75) is 43.7 Å². The van der Waals surface area contributed by atoms with E-state index in [0.717, 1.165) is 24.2 Å². The zero-order valence-electron chi connectivity index (χ0n) is 13.6. The molecule has 5 aliphatic heterocycles. The van der Waals surface area contributed by atoms with E-state index in [0.29, 0.717) is 17.9 Å². The zero-order valence-corrected chi connectivity index (χ0v) is 13.6. The van der Waals surface area contributed by atoms with Gasteiger partial charge in [-0.15, -0.1) is 0 Å². The molecule has 4 nitrogen and oxygen atoms in total. The second-order valence-electron chi connectivity index (χ2n) is 7.71. The van der Waals surface area contributed by atoms with Gasteiger partial charge in [-0.25, -0.2) is 4.98 Å². The van der Waals surface area contributed by atoms with Gasteiger partial charge in [-0.2, -0.15) is 5.06 Å². The third kappa shape index (κ3) is 1.53. The fourth-order valence-electron chi connectivity index (χ4n) is 5.82. The van der Waals surface area contributed by atoms with Crippen molar-refractivity contribution >= 4 is 10.9 Å². The summed E-state index contributed by atoms with van der Waals surface area (Å²) in [5, 5.41) is 13.5. The van der Waals surface area contributed by atoms with Gasteiger partial charge in [-0.3, -0.25) is 0 Å². The molecule has 2 fully saturated rings. The normalized spacial score (nSPS) is 32.2. The fourth-order valence-corrected chi connectivity index (χ4v) is 5.82. The van der Waals surface area contributed by atoms with Gasteiger partial charge in [0.15, 0.2) is 0 Å². The molecule has 0 spiro atoms. The first kappa shape index (κ1) is 13.4. The van der Waals surface area contributed by atoms with Crippen molar-refractivity contribution in [2.24, 2.45) is 5.92 Å². The van der Waals surface area contributed by atoms with Crippen molar-refractivity contribution in [3.63, 3.8) is 0 Å². The highest BCUT2D eigenvalue weighted by atomic mass is 16.5. The van der Waals surface area contributed by atoms with Crippen LogP contribution in [0.15, 0.2) is 36.5 Å². The lowest BCUT2D eigenvalue weighted by molar-refractivity contribution is -0.187. The molecule has 4 atom stereocenters. The molecule has 1 saturated carbocycles. The Morgan fingerprint density at radius 2 is 2.00 bits per heavy atom. The summed E-state index contributed by atoms with van der Waals surface area (Å²) in [6, 6.07) is 11.5. The lowest BCUT2D eigenvalue weighted by Gasteiger charge is -2.55. The maximum absolute atomic E-state index is 10.6. The number of hydroxylamine groups is 2. The number of nitrogens with zero attached hydrogens (tertiary/aromatic N) is 3. The molecule has 0 aromatic heterocycles. The quantitative estimate of drug-likeness (QED) is 0.680. The summed E-state index contributed by atoms with van der Waals surface area (Å²) in [7, 11) is 0. The van der Waals surface area contributed by atoms with Gasteiger partial charge in [-0.1, -0.05) is 18.2 Å². The van der Waals surface area contributed by atoms with Crippen molar-refractivity contribution in [1.29, 1.82) is 0 Å². The number of benzene rings is 1. The molecule has 2 bridgehead atoms. The molecule has 1 aromatic rings. The summed E-state index contributed by atoms with van der Waals surface area (Å²) in [5.74, 6) is 0.986. The van der Waals surface area contributed by atoms with E-state index >= 15 is 0 Å². The SMILES string of the molecule is ON1CCCC2C1C1CCC2n2ccc3c4ccccc4nc-3c21. The molecule has 5 heterocycles. The zero-order chi connectivity index (χ0) is 15.8. The van der Waals surface area contributed by atoms with Gasteiger partial charge in [0.05, 0.1) is 11.2 Å². The Bertz CT molecular complexity index is 917. The molecular formula is C20H21N3O. The molecule has 7 rings (SSSR count). The Hall–Kier alpha value is -1.91. The molecule has 1 aliphatic carbocycles. The third-order valence-electron chi connectivity index (χ3n) is 6.70. The van der Waals surface area contributed by atoms with Crippen LogP contribution in [0.4, 0.5) is 0 Å². The van der Waals surface area contributed by atoms with Crippen LogP contribution in [-0.4, -0.2) is 32.4 Å². The second kappa shape index (κ2) is 4.58. The number of piperidine rings is 1. The number of para-hydroxylation sites is 1. The molecule has 1 saturated heterocycles. The molecule has 0 amide bonds. The first-order valence-corrected chi connectivity index (χ1v) is 9.17. The van der Waals surface area contributed by atoms with Crippen molar-refractivity contribution in [1.82, 2.24) is 14.6 Å². The summed E-state index contributed by atoms with van der Waals surface area (Å²) in [5.41, 5.74) is 4.87. The van der Waals surface area contributed by atoms with E-state index < -0.39 is 0 Å². The first-order chi connectivity index (χ1) is 11.8. The van der Waals surface area contributed by atoms with Crippen LogP contribution in [0.3, 0.4) is 0 Å². The van der Waals surface area contributed by atoms with Crippen molar-refractivity contribution in [2.75, 3.05) is 6.54 Å². The molecular weight excluding hydrogens is 298 g/mol. The fraction of sp³-hybridized carbons (Fsp3) is 0.450. The van der Waals surface area contributed by atoms with E-state index in [9.17, 15) is 5.21 Å². The standard InChI is InChI=1S/C20H21N3O/c24-23-10-3-5-14-17-8-7-15(19(14)23)20-18-13(9-11-22(17)20)12-4-1-2-6-16(12)21-18/h1-2,4,6,9,11,14-15,17,19,24H,3,5,7-8,10H2. The second-order valence-corrected chi connectivity index (χ2v) is 7.71. The summed E-state index contributed by atoms with van der Waals surface area (Å²) >= 11 is 0. The molecule has 122 valence electrons. The van der Waals surface area contributed by atoms with Crippen molar-refractivity contribution < 1.29 is 5.21 Å². The topological polar surface area (TPSA) is 41.3 Å². The smallest absolute Gasteiger partial charge is 0.0914 e. The average Bonchev–Trinajstić information content (AvgIpc) is 3.01. The van der Waals surface area contributed by atoms with Crippen LogP contribution in [0.25, 0.3) is 22.2 Å². The molecule has 6 aliphatic rings. The highest BCUT2D eigenvalue weighted by Gasteiger charge is 2.51. The Balaban J connectivity index is 1.63. The van der Waals surface area contributed by atoms with Gasteiger partial charge in [0.2, 0.25) is 0 Å². The van der Waals surface area contributed by atoms with Gasteiger partial charge in [0.25, 0.3) is 0 Å². The van der Waals surface area contributed by atoms with Crippen LogP contribution in [-0.2, 0) is 0 Å². The van der Waals surface area contributed by atoms with Crippen LogP contribution >= 0.6 is 0 Å². The molecule has 4 heteroatoms. The summed E-state index contributed by atoms with van der Waals surface area (Å²) < 4.78 is 2.50. The predicted molar refractivity (Wildman–Crippen MR) is 92.4 cm³/mol. The van der Waals surface area contributed by atoms with Crippen LogP contribution in [0.2, 0.25) is 0 Å². The van der Waals surface area contributed by atoms with Gasteiger partial charge >= 0.3 is 0 Å². The maximum atomic E-state index is 10.6. The molecule has 1 aromatic carbocycles. The minimum absolute atomic E-state index is 0.280. The summed E-state index contributed by atoms with van der Waals surface area (Å²) in [4.78, 5) is 4.99. The lowest BCUT2D eigenvalue weighted by Crippen LogP contribution is -2.56. The van der Waals surface area contributed by atoms with E-state index in [-0.39, 0.29) is 6.04 Å². The molecule has 1 N–H and O–H groups in total. The molecule has 24 heavy (non-hydrogen) atoms. The van der Waals surface area contributed by atoms with Crippen LogP contribution in [0, 0.1) is 5.92 Å². The largest absolute Gasteiger partial charge is 0.346 e. The highest BCUT2D eigenvalue weighted by molar-refractivity contribution is 5.98. The highest BCUT2D eigenvalue weighted by Crippen LogP contribution is 2.55. The molecule has 4 unspecified atom stereocenters. The van der Waals surface area contributed by atoms with E-state index in [1.54, 1.807) is 5.06 Å². The molecule has 0 radical (unpaired) electrons. The van der Waals surface area contributed by atoms with Gasteiger partial charge in [0, 0.05) is 47.4 Å². The van der Waals surface area contributed by atoms with Crippen LogP contribution in [0.1, 0.15) is 43.3 Å². The number of hydrogen-bond donors (Lipinski definition) is 1. The number of hydrogen-bond acceptors (Lipinski definition) is 3. The van der Waals surface area contributed by atoms with E-state index in [2.05, 4.69) is 41.1 Å². The number of aromatic nitrogens is 2. The van der Waals surface area contributed by atoms with Crippen molar-refractivity contribution in [3.05, 3.63) is 42.2 Å². The average molecular weight is 319 g/mol. The Kier molecular flexibility index (Phi) is 2.56. The number of fused-ring (bicyclic) bond motifs is 4. The van der Waals surface area contributed by atoms with E-state index in [1.807, 2.05) is 0 Å². The van der Waals surface area contributed by atoms with E-state index in [1.165, 1.54) is 35.9 Å². The van der Waals surface area contributed by atoms with Crippen LogP contribution < -0.4 is 0 Å². The van der Waals surface area contributed by atoms with Crippen molar-refractivity contribution in [3.8, 4) is 11.3 Å². The van der Waals surface area contributed by atoms with E-state index in [4.69, 9.17) is 4.98 Å². The van der Waals surface area contributed by atoms with Crippen LogP contribution in [0.5, 0.6) is 0 Å². The minimum Gasteiger partial charge on any atom is -0.346 e. The third-order valence-corrected chi connectivity index (χ3v) is 6.70. The van der Waals surface area contributed by atoms with Gasteiger partial charge < -0.3 is 9.77 Å². The number of rotatable bonds is 0. The number of pyridine rings is 1. The minimum atomic E-state index is 0.280. The predicted octanol–water partition coefficient (Wildman–Crippen LogP) is 4.04. The Morgan fingerprint density at radius 1 is 1.08 bits per heavy atom. The Morgan fingerprint density at radius 3 is 2.96 bits per heavy atom. The lowest BCUT2D eigenvalue weighted by atomic mass is 9.65.